The van der Waals surface area contributed by atoms with E-state index in [4.69, 9.17) is 11.2 Å². The average Bonchev–Trinajstić information content (AvgIpc) is 3.79. The monoisotopic (exact) mass is 768 g/mol. The van der Waals surface area contributed by atoms with Crippen molar-refractivity contribution < 1.29 is 45.4 Å². The number of halogens is 6. The van der Waals surface area contributed by atoms with E-state index in [1.165, 1.54) is 28.6 Å². The molecule has 3 aromatic rings. The third-order valence-electron chi connectivity index (χ3n) is 8.04. The van der Waals surface area contributed by atoms with Gasteiger partial charge in [0.25, 0.3) is 12.3 Å². The Balaban J connectivity index is 0.000000201. The van der Waals surface area contributed by atoms with Crippen LogP contribution in [0.4, 0.5) is 37.7 Å². The van der Waals surface area contributed by atoms with Crippen molar-refractivity contribution in [1.29, 1.82) is 0 Å². The van der Waals surface area contributed by atoms with Gasteiger partial charge in [0.2, 0.25) is 4.80 Å². The Morgan fingerprint density at radius 1 is 1.25 bits per heavy atom. The molecule has 6 rings (SSSR count). The number of hydrogen-bond donors (Lipinski definition) is 0. The van der Waals surface area contributed by atoms with Gasteiger partial charge in [-0.15, -0.1) is 18.2 Å². The minimum atomic E-state index is -4.97. The van der Waals surface area contributed by atoms with Crippen LogP contribution in [-0.4, -0.2) is 63.4 Å². The lowest BCUT2D eigenvalue weighted by atomic mass is 9.91. The van der Waals surface area contributed by atoms with Crippen molar-refractivity contribution >= 4 is 51.6 Å². The molecule has 18 heteroatoms. The number of thioether (sulfide) groups is 1. The Morgan fingerprint density at radius 2 is 1.98 bits per heavy atom. The van der Waals surface area contributed by atoms with Crippen LogP contribution in [0, 0.1) is 29.5 Å². The number of esters is 1. The number of methoxy groups -OCH3 is 1. The predicted molar refractivity (Wildman–Crippen MR) is 184 cm³/mol. The molecule has 2 aromatic heterocycles. The first-order valence-electron chi connectivity index (χ1n) is 15.9. The fourth-order valence-corrected chi connectivity index (χ4v) is 7.60. The van der Waals surface area contributed by atoms with Gasteiger partial charge in [-0.25, -0.2) is 27.9 Å². The highest BCUT2D eigenvalue weighted by atomic mass is 32.2. The molecule has 0 bridgehead atoms. The van der Waals surface area contributed by atoms with Crippen LogP contribution in [0.5, 0.6) is 5.75 Å². The van der Waals surface area contributed by atoms with E-state index in [1.54, 1.807) is 13.8 Å². The molecular weight excluding hydrogens is 735 g/mol. The van der Waals surface area contributed by atoms with Gasteiger partial charge in [-0.3, -0.25) is 14.7 Å². The van der Waals surface area contributed by atoms with Crippen LogP contribution in [0.25, 0.3) is 0 Å². The number of rotatable bonds is 7. The number of pyridine rings is 1. The number of benzene rings is 1. The first-order chi connectivity index (χ1) is 24.4. The number of amides is 1. The minimum Gasteiger partial charge on any atom is -0.481 e. The van der Waals surface area contributed by atoms with Gasteiger partial charge in [-0.05, 0) is 29.4 Å². The second-order valence-electron chi connectivity index (χ2n) is 13.2. The maximum Gasteiger partial charge on any atom is 0.434 e. The molecule has 0 unspecified atom stereocenters. The Bertz CT molecular complexity index is 2030. The van der Waals surface area contributed by atoms with Crippen molar-refractivity contribution in [2.75, 3.05) is 37.5 Å². The first-order valence-corrected chi connectivity index (χ1v) is 17.7. The van der Waals surface area contributed by atoms with Crippen molar-refractivity contribution in [3.8, 4) is 18.1 Å². The molecule has 0 N–H and O–H groups in total. The van der Waals surface area contributed by atoms with E-state index in [-0.39, 0.29) is 53.1 Å². The summed E-state index contributed by atoms with van der Waals surface area (Å²) in [5, 5.41) is 0.0615. The summed E-state index contributed by atoms with van der Waals surface area (Å²) in [6.07, 6.45) is -2.13. The number of hydrogen-bond acceptors (Lipinski definition) is 10. The number of aliphatic imine (C=N–C) groups is 1. The normalized spacial score (nSPS) is 16.6. The van der Waals surface area contributed by atoms with Crippen molar-refractivity contribution in [3.63, 3.8) is 0 Å². The number of anilines is 1. The van der Waals surface area contributed by atoms with Gasteiger partial charge >= 0.3 is 12.1 Å². The summed E-state index contributed by atoms with van der Waals surface area (Å²) in [6, 6.07) is 2.76. The van der Waals surface area contributed by atoms with Gasteiger partial charge in [-0.1, -0.05) is 33.6 Å². The van der Waals surface area contributed by atoms with E-state index in [1.807, 2.05) is 4.57 Å². The van der Waals surface area contributed by atoms with Gasteiger partial charge in [0.15, 0.2) is 18.1 Å². The van der Waals surface area contributed by atoms with Gasteiger partial charge in [-0.2, -0.15) is 17.5 Å². The molecule has 3 aliphatic rings. The van der Waals surface area contributed by atoms with E-state index >= 15 is 0 Å². The van der Waals surface area contributed by atoms with E-state index < -0.39 is 46.9 Å². The molecule has 0 fully saturated rings. The highest BCUT2D eigenvalue weighted by Gasteiger charge is 2.42. The first kappa shape index (κ1) is 38.9. The van der Waals surface area contributed by atoms with Crippen LogP contribution >= 0.6 is 23.3 Å². The molecule has 0 saturated carbocycles. The summed E-state index contributed by atoms with van der Waals surface area (Å²) < 4.78 is 98.5. The predicted octanol–water partition coefficient (Wildman–Crippen LogP) is 6.77. The highest BCUT2D eigenvalue weighted by Crippen LogP contribution is 2.41. The second-order valence-corrected chi connectivity index (χ2v) is 15.0. The lowest BCUT2D eigenvalue weighted by Crippen LogP contribution is -2.39. The van der Waals surface area contributed by atoms with E-state index in [9.17, 15) is 35.9 Å². The molecule has 278 valence electrons. The van der Waals surface area contributed by atoms with Crippen molar-refractivity contribution in [1.82, 2.24) is 13.9 Å². The van der Waals surface area contributed by atoms with Gasteiger partial charge < -0.3 is 14.0 Å². The number of ether oxygens (including phenoxy) is 2. The average molecular weight is 769 g/mol. The zero-order valence-electron chi connectivity index (χ0n) is 28.7. The SMILES string of the molecule is C#CCN1C(=O)COc2cc(F)c(/N=c3\snc4n3CC(C)(C)C4)cc21.COC(=O)c1c(C(F)F)nc(C(F)(F)F)c(C2=NCCS2)c1CC(C)C. The summed E-state index contributed by atoms with van der Waals surface area (Å²) in [7, 11) is 0.982. The van der Waals surface area contributed by atoms with Crippen molar-refractivity contribution in [2.45, 2.75) is 59.7 Å². The summed E-state index contributed by atoms with van der Waals surface area (Å²) in [6.45, 7) is 8.79. The third-order valence-corrected chi connectivity index (χ3v) is 9.81. The molecule has 0 radical (unpaired) electrons. The number of fused-ring (bicyclic) bond motifs is 2. The Labute approximate surface area is 303 Å². The fourth-order valence-electron chi connectivity index (χ4n) is 5.92. The quantitative estimate of drug-likeness (QED) is 0.148. The Morgan fingerprint density at radius 3 is 2.58 bits per heavy atom. The molecule has 0 aliphatic carbocycles. The molecule has 0 atom stereocenters. The lowest BCUT2D eigenvalue weighted by Gasteiger charge is -2.28. The van der Waals surface area contributed by atoms with Crippen molar-refractivity contribution in [3.05, 3.63) is 56.7 Å². The third kappa shape index (κ3) is 8.15. The topological polar surface area (TPSA) is 111 Å². The molecule has 5 heterocycles. The number of terminal acetylenes is 1. The van der Waals surface area contributed by atoms with Crippen molar-refractivity contribution in [2.24, 2.45) is 21.3 Å². The summed E-state index contributed by atoms with van der Waals surface area (Å²) in [5.74, 6) is 2.06. The molecule has 1 amide bonds. The lowest BCUT2D eigenvalue weighted by molar-refractivity contribution is -0.141. The Kier molecular flexibility index (Phi) is 11.4. The van der Waals surface area contributed by atoms with E-state index in [0.29, 0.717) is 28.5 Å². The molecule has 0 saturated heterocycles. The number of carbonyl (C=O) groups excluding carboxylic acids is 2. The van der Waals surface area contributed by atoms with E-state index in [2.05, 4.69) is 43.8 Å². The maximum absolute atomic E-state index is 14.5. The molecule has 1 aromatic carbocycles. The molecule has 52 heavy (non-hydrogen) atoms. The zero-order chi connectivity index (χ0) is 38.1. The number of alkyl halides is 5. The summed E-state index contributed by atoms with van der Waals surface area (Å²) in [4.78, 5) is 37.9. The van der Waals surface area contributed by atoms with Crippen LogP contribution in [-0.2, 0) is 35.1 Å². The molecule has 0 spiro atoms. The van der Waals surface area contributed by atoms with Crippen LogP contribution in [0.2, 0.25) is 0 Å². The molecule has 3 aliphatic heterocycles. The highest BCUT2D eigenvalue weighted by molar-refractivity contribution is 8.14. The van der Waals surface area contributed by atoms with Gasteiger partial charge in [0.05, 0.1) is 24.9 Å². The number of aromatic nitrogens is 3. The zero-order valence-corrected chi connectivity index (χ0v) is 30.4. The van der Waals surface area contributed by atoms with Gasteiger partial charge in [0, 0.05) is 48.4 Å². The van der Waals surface area contributed by atoms with E-state index in [0.717, 1.165) is 37.7 Å². The Hall–Kier alpha value is -4.37. The summed E-state index contributed by atoms with van der Waals surface area (Å²) >= 11 is 2.32. The standard InChI is InChI=1S/C18H17FN4O2S.C16H17F5N2O2S/c1-4-5-22-13-7-12(11(19)6-14(13)25-9-16(22)24)20-17-23-10-18(2,3)8-15(23)21-26-17;1-7(2)6-8-9(15(24)25-3)11(13(17)18)23-12(16(19,20)21)10(8)14-22-4-5-26-14/h1,6-7H,5,8-10H2,2-3H3;7,13H,4-6H2,1-3H3/b20-17-;. The maximum atomic E-state index is 14.5. The molecular formula is C34H34F6N6O4S2. The molecule has 10 nitrogen and oxygen atoms in total. The number of nitrogens with zero attached hydrogens (tertiary/aromatic N) is 6. The van der Waals surface area contributed by atoms with Crippen LogP contribution in [0.3, 0.4) is 0 Å². The summed E-state index contributed by atoms with van der Waals surface area (Å²) in [5.41, 5.74) is -3.11. The van der Waals surface area contributed by atoms with Crippen LogP contribution < -0.4 is 14.4 Å². The van der Waals surface area contributed by atoms with Crippen LogP contribution in [0.15, 0.2) is 22.1 Å². The second kappa shape index (κ2) is 15.3. The minimum absolute atomic E-state index is 0.0231. The van der Waals surface area contributed by atoms with Gasteiger partial charge in [0.1, 0.15) is 28.0 Å². The largest absolute Gasteiger partial charge is 0.481 e. The smallest absolute Gasteiger partial charge is 0.434 e. The fraction of sp³-hybridized carbons (Fsp3) is 0.471. The number of carbonyl (C=O) groups is 2. The van der Waals surface area contributed by atoms with Crippen LogP contribution in [0.1, 0.15) is 72.8 Å².